The van der Waals surface area contributed by atoms with Crippen LogP contribution in [0.2, 0.25) is 0 Å². The van der Waals surface area contributed by atoms with Crippen molar-refractivity contribution in [2.75, 3.05) is 13.6 Å². The van der Waals surface area contributed by atoms with Gasteiger partial charge in [-0.1, -0.05) is 13.8 Å². The topological polar surface area (TPSA) is 24.7 Å². The Morgan fingerprint density at radius 2 is 2.00 bits per heavy atom. The molecule has 0 aromatic carbocycles. The Morgan fingerprint density at radius 3 is 2.14 bits per heavy atom. The first-order chi connectivity index (χ1) is 3.27. The summed E-state index contributed by atoms with van der Waals surface area (Å²) in [6.07, 6.45) is 0. The van der Waals surface area contributed by atoms with Crippen LogP contribution in [0.4, 0.5) is 0 Å². The first kappa shape index (κ1) is 6.60. The Kier molecular flexibility index (Phi) is 3.56. The highest BCUT2D eigenvalue weighted by atomic mass is 15.1. The summed E-state index contributed by atoms with van der Waals surface area (Å²) in [5.74, 6) is 0.642. The van der Waals surface area contributed by atoms with E-state index >= 15 is 0 Å². The molecule has 0 radical (unpaired) electrons. The lowest BCUT2D eigenvalue weighted by atomic mass is 10.2. The average Bonchev–Trinajstić information content (AvgIpc) is 1.61. The van der Waals surface area contributed by atoms with Crippen molar-refractivity contribution in [3.63, 3.8) is 0 Å². The van der Waals surface area contributed by atoms with Gasteiger partial charge < -0.3 is 0 Å². The number of hydrogen-bond acceptors (Lipinski definition) is 2. The van der Waals surface area contributed by atoms with Crippen molar-refractivity contribution < 1.29 is 0 Å². The third-order valence-electron chi connectivity index (χ3n) is 0.588. The Hall–Kier alpha value is -0.400. The molecule has 2 heteroatoms. The molecule has 2 nitrogen and oxygen atoms in total. The van der Waals surface area contributed by atoms with Crippen molar-refractivity contribution in [2.45, 2.75) is 13.8 Å². The molecule has 0 aliphatic rings. The fraction of sp³-hybridized carbons (Fsp3) is 1.00. The molecule has 0 saturated heterocycles. The van der Waals surface area contributed by atoms with Gasteiger partial charge in [0.2, 0.25) is 0 Å². The lowest BCUT2D eigenvalue weighted by molar-refractivity contribution is 0.644. The van der Waals surface area contributed by atoms with Crippen molar-refractivity contribution in [1.82, 2.24) is 0 Å². The maximum absolute atomic E-state index is 3.80. The van der Waals surface area contributed by atoms with Crippen LogP contribution in [0.25, 0.3) is 0 Å². The Labute approximate surface area is 44.6 Å². The van der Waals surface area contributed by atoms with Gasteiger partial charge in [0.1, 0.15) is 0 Å². The zero-order valence-corrected chi connectivity index (χ0v) is 5.18. The zero-order valence-electron chi connectivity index (χ0n) is 5.18. The van der Waals surface area contributed by atoms with Gasteiger partial charge >= 0.3 is 0 Å². The summed E-state index contributed by atoms with van der Waals surface area (Å²) in [5, 5.41) is 7.40. The summed E-state index contributed by atoms with van der Waals surface area (Å²) in [6.45, 7) is 5.10. The molecular formula is C5H12N2. The van der Waals surface area contributed by atoms with E-state index in [2.05, 4.69) is 24.1 Å². The summed E-state index contributed by atoms with van der Waals surface area (Å²) < 4.78 is 0. The second-order valence-corrected chi connectivity index (χ2v) is 1.92. The molecule has 0 unspecified atom stereocenters. The quantitative estimate of drug-likeness (QED) is 0.472. The molecule has 42 valence electrons. The maximum Gasteiger partial charge on any atom is 0.0621 e. The molecule has 0 aromatic rings. The normalized spacial score (nSPS) is 11.4. The van der Waals surface area contributed by atoms with E-state index in [-0.39, 0.29) is 0 Å². The number of nitrogens with zero attached hydrogens (tertiary/aromatic N) is 2. The molecule has 0 spiro atoms. The first-order valence-corrected chi connectivity index (χ1v) is 2.53. The molecule has 0 aliphatic carbocycles. The summed E-state index contributed by atoms with van der Waals surface area (Å²) in [6, 6.07) is 0. The molecule has 0 aliphatic heterocycles. The predicted molar refractivity (Wildman–Crippen MR) is 30.5 cm³/mol. The first-order valence-electron chi connectivity index (χ1n) is 2.53. The minimum absolute atomic E-state index is 0.642. The maximum atomic E-state index is 3.80. The number of rotatable bonds is 2. The molecular weight excluding hydrogens is 88.1 g/mol. The van der Waals surface area contributed by atoms with E-state index in [1.165, 1.54) is 0 Å². The van der Waals surface area contributed by atoms with Crippen molar-refractivity contribution in [1.29, 1.82) is 0 Å². The summed E-state index contributed by atoms with van der Waals surface area (Å²) in [4.78, 5) is 0. The van der Waals surface area contributed by atoms with Crippen LogP contribution in [0.3, 0.4) is 0 Å². The SMILES string of the molecule is C/N=N/CC(C)C. The van der Waals surface area contributed by atoms with Gasteiger partial charge in [0, 0.05) is 7.05 Å². The van der Waals surface area contributed by atoms with E-state index in [9.17, 15) is 0 Å². The van der Waals surface area contributed by atoms with Gasteiger partial charge in [-0.25, -0.2) is 0 Å². The van der Waals surface area contributed by atoms with Crippen molar-refractivity contribution >= 4 is 0 Å². The van der Waals surface area contributed by atoms with Crippen LogP contribution in [0.1, 0.15) is 13.8 Å². The van der Waals surface area contributed by atoms with Crippen LogP contribution < -0.4 is 0 Å². The minimum atomic E-state index is 0.642. The van der Waals surface area contributed by atoms with E-state index in [0.29, 0.717) is 5.92 Å². The lowest BCUT2D eigenvalue weighted by Crippen LogP contribution is -1.89. The number of azo groups is 1. The smallest absolute Gasteiger partial charge is 0.0621 e. The molecule has 0 N–H and O–H groups in total. The summed E-state index contributed by atoms with van der Waals surface area (Å²) in [5.41, 5.74) is 0. The van der Waals surface area contributed by atoms with Gasteiger partial charge in [0.25, 0.3) is 0 Å². The van der Waals surface area contributed by atoms with Crippen molar-refractivity contribution in [3.05, 3.63) is 0 Å². The van der Waals surface area contributed by atoms with Gasteiger partial charge in [-0.15, -0.1) is 0 Å². The molecule has 0 amide bonds. The highest BCUT2D eigenvalue weighted by Gasteiger charge is 1.85. The Morgan fingerprint density at radius 1 is 1.43 bits per heavy atom. The summed E-state index contributed by atoms with van der Waals surface area (Å²) >= 11 is 0. The monoisotopic (exact) mass is 100 g/mol. The molecule has 7 heavy (non-hydrogen) atoms. The fourth-order valence-electron chi connectivity index (χ4n) is 0.245. The molecule has 0 bridgehead atoms. The van der Waals surface area contributed by atoms with Crippen LogP contribution in [-0.2, 0) is 0 Å². The second kappa shape index (κ2) is 3.78. The van der Waals surface area contributed by atoms with Crippen LogP contribution in [0.5, 0.6) is 0 Å². The fourth-order valence-corrected chi connectivity index (χ4v) is 0.245. The number of hydrogen-bond donors (Lipinski definition) is 0. The van der Waals surface area contributed by atoms with Crippen LogP contribution in [0, 0.1) is 5.92 Å². The molecule has 0 fully saturated rings. The van der Waals surface area contributed by atoms with Crippen LogP contribution in [-0.4, -0.2) is 13.6 Å². The third-order valence-corrected chi connectivity index (χ3v) is 0.588. The van der Waals surface area contributed by atoms with E-state index in [1.807, 2.05) is 0 Å². The van der Waals surface area contributed by atoms with E-state index in [1.54, 1.807) is 7.05 Å². The standard InChI is InChI=1S/C5H12N2/c1-5(2)4-7-6-3/h5H,4H2,1-3H3/b7-6+. The van der Waals surface area contributed by atoms with Gasteiger partial charge in [0.15, 0.2) is 0 Å². The third kappa shape index (κ3) is 5.60. The average molecular weight is 100 g/mol. The van der Waals surface area contributed by atoms with Crippen molar-refractivity contribution in [2.24, 2.45) is 16.1 Å². The minimum Gasteiger partial charge on any atom is -0.198 e. The summed E-state index contributed by atoms with van der Waals surface area (Å²) in [7, 11) is 1.70. The highest BCUT2D eigenvalue weighted by molar-refractivity contribution is 4.42. The van der Waals surface area contributed by atoms with Crippen LogP contribution >= 0.6 is 0 Å². The molecule has 0 saturated carbocycles. The van der Waals surface area contributed by atoms with Gasteiger partial charge in [-0.3, -0.25) is 0 Å². The van der Waals surface area contributed by atoms with Gasteiger partial charge in [-0.2, -0.15) is 10.2 Å². The zero-order chi connectivity index (χ0) is 5.70. The highest BCUT2D eigenvalue weighted by Crippen LogP contribution is 1.90. The van der Waals surface area contributed by atoms with Gasteiger partial charge in [0.05, 0.1) is 6.54 Å². The van der Waals surface area contributed by atoms with Crippen LogP contribution in [0.15, 0.2) is 10.2 Å². The van der Waals surface area contributed by atoms with Crippen molar-refractivity contribution in [3.8, 4) is 0 Å². The molecule has 0 atom stereocenters. The largest absolute Gasteiger partial charge is 0.198 e. The molecule has 0 rings (SSSR count). The lowest BCUT2D eigenvalue weighted by Gasteiger charge is -1.92. The van der Waals surface area contributed by atoms with Gasteiger partial charge in [-0.05, 0) is 5.92 Å². The predicted octanol–water partition coefficient (Wildman–Crippen LogP) is 1.72. The van der Waals surface area contributed by atoms with E-state index in [4.69, 9.17) is 0 Å². The Balaban J connectivity index is 2.97. The molecule has 0 aromatic heterocycles. The molecule has 0 heterocycles. The van der Waals surface area contributed by atoms with E-state index in [0.717, 1.165) is 6.54 Å². The second-order valence-electron chi connectivity index (χ2n) is 1.92. The van der Waals surface area contributed by atoms with E-state index < -0.39 is 0 Å². The Bertz CT molecular complexity index is 57.1.